The molecule has 0 radical (unpaired) electrons. The summed E-state index contributed by atoms with van der Waals surface area (Å²) in [6.45, 7) is 2.87. The van der Waals surface area contributed by atoms with Crippen molar-refractivity contribution < 1.29 is 14.6 Å². The number of anilines is 1. The number of hydrogen-bond acceptors (Lipinski definition) is 7. The molecule has 2 aliphatic rings. The highest BCUT2D eigenvalue weighted by atomic mass is 19.1. The summed E-state index contributed by atoms with van der Waals surface area (Å²) in [6.07, 6.45) is 5.16. The summed E-state index contributed by atoms with van der Waals surface area (Å²) in [5, 5.41) is 24.5. The molecule has 10 heteroatoms. The maximum absolute atomic E-state index is 13.8. The van der Waals surface area contributed by atoms with Crippen molar-refractivity contribution >= 4 is 17.7 Å². The molecular formula is C19H22FN7O2. The number of hydrogen-bond donors (Lipinski definition) is 3. The number of fused-ring (bicyclic) bond motifs is 1. The number of aromatic nitrogens is 5. The molecule has 1 saturated heterocycles. The number of H-pyrrole nitrogens is 1. The first kappa shape index (κ1) is 17.9. The van der Waals surface area contributed by atoms with E-state index in [1.165, 1.54) is 6.07 Å². The SMILES string of the molecule is CC(N=c1nc(N2CCC(F)C2)n2ncc(=Cc3cc(O)[nH]c3O)c2n1)C1CC1. The van der Waals surface area contributed by atoms with Crippen LogP contribution in [0.3, 0.4) is 0 Å². The highest BCUT2D eigenvalue weighted by molar-refractivity contribution is 5.61. The van der Waals surface area contributed by atoms with E-state index in [0.717, 1.165) is 12.8 Å². The van der Waals surface area contributed by atoms with Gasteiger partial charge in [0.1, 0.15) is 6.17 Å². The van der Waals surface area contributed by atoms with Crippen molar-refractivity contribution in [2.75, 3.05) is 18.0 Å². The molecule has 0 aromatic carbocycles. The number of rotatable bonds is 4. The fraction of sp³-hybridized carbons (Fsp3) is 0.474. The van der Waals surface area contributed by atoms with Crippen LogP contribution >= 0.6 is 0 Å². The zero-order valence-corrected chi connectivity index (χ0v) is 16.0. The van der Waals surface area contributed by atoms with Crippen LogP contribution in [0.5, 0.6) is 11.8 Å². The predicted octanol–water partition coefficient (Wildman–Crippen LogP) is 0.659. The molecule has 2 unspecified atom stereocenters. The van der Waals surface area contributed by atoms with Gasteiger partial charge in [-0.1, -0.05) is 0 Å². The zero-order chi connectivity index (χ0) is 20.1. The third kappa shape index (κ3) is 3.39. The van der Waals surface area contributed by atoms with Crippen molar-refractivity contribution in [3.8, 4) is 11.8 Å². The molecule has 0 bridgehead atoms. The molecule has 152 valence electrons. The van der Waals surface area contributed by atoms with Gasteiger partial charge in [0.2, 0.25) is 11.6 Å². The fourth-order valence-corrected chi connectivity index (χ4v) is 3.72. The minimum absolute atomic E-state index is 0.124. The first-order valence-electron chi connectivity index (χ1n) is 9.79. The molecule has 9 nitrogen and oxygen atoms in total. The Balaban J connectivity index is 1.69. The Kier molecular flexibility index (Phi) is 4.14. The number of nitrogens with one attached hydrogen (secondary N) is 1. The largest absolute Gasteiger partial charge is 0.494 e. The number of halogens is 1. The maximum atomic E-state index is 13.8. The van der Waals surface area contributed by atoms with Crippen molar-refractivity contribution in [2.45, 2.75) is 38.4 Å². The third-order valence-corrected chi connectivity index (χ3v) is 5.53. The molecule has 29 heavy (non-hydrogen) atoms. The van der Waals surface area contributed by atoms with E-state index in [1.54, 1.807) is 16.8 Å². The molecule has 0 amide bonds. The first-order valence-corrected chi connectivity index (χ1v) is 9.79. The quantitative estimate of drug-likeness (QED) is 0.594. The third-order valence-electron chi connectivity index (χ3n) is 5.53. The highest BCUT2D eigenvalue weighted by Crippen LogP contribution is 2.33. The monoisotopic (exact) mass is 399 g/mol. The van der Waals surface area contributed by atoms with E-state index in [4.69, 9.17) is 0 Å². The van der Waals surface area contributed by atoms with Crippen LogP contribution in [0, 0.1) is 5.92 Å². The van der Waals surface area contributed by atoms with Crippen molar-refractivity contribution in [1.82, 2.24) is 24.6 Å². The van der Waals surface area contributed by atoms with Gasteiger partial charge in [-0.2, -0.15) is 19.6 Å². The van der Waals surface area contributed by atoms with Gasteiger partial charge >= 0.3 is 0 Å². The minimum Gasteiger partial charge on any atom is -0.494 e. The number of aromatic hydroxyl groups is 2. The van der Waals surface area contributed by atoms with Crippen molar-refractivity contribution in [3.05, 3.63) is 28.7 Å². The second-order valence-electron chi connectivity index (χ2n) is 7.80. The van der Waals surface area contributed by atoms with E-state index in [9.17, 15) is 14.6 Å². The molecule has 1 saturated carbocycles. The average molecular weight is 399 g/mol. The number of nitrogens with zero attached hydrogens (tertiary/aromatic N) is 6. The highest BCUT2D eigenvalue weighted by Gasteiger charge is 2.28. The summed E-state index contributed by atoms with van der Waals surface area (Å²) < 4.78 is 15.4. The van der Waals surface area contributed by atoms with Crippen LogP contribution in [0.1, 0.15) is 31.7 Å². The number of alkyl halides is 1. The molecule has 2 fully saturated rings. The second kappa shape index (κ2) is 6.71. The lowest BCUT2D eigenvalue weighted by atomic mass is 10.2. The molecule has 3 aromatic heterocycles. The van der Waals surface area contributed by atoms with Gasteiger partial charge in [0.05, 0.1) is 18.8 Å². The van der Waals surface area contributed by atoms with Crippen LogP contribution in [0.4, 0.5) is 10.3 Å². The van der Waals surface area contributed by atoms with Crippen molar-refractivity contribution in [2.24, 2.45) is 10.9 Å². The molecule has 1 aliphatic heterocycles. The average Bonchev–Trinajstić information content (AvgIpc) is 3.22. The van der Waals surface area contributed by atoms with Crippen molar-refractivity contribution in [1.29, 1.82) is 0 Å². The lowest BCUT2D eigenvalue weighted by Gasteiger charge is -2.16. The van der Waals surface area contributed by atoms with Gasteiger partial charge in [-0.15, -0.1) is 0 Å². The molecule has 3 N–H and O–H groups in total. The normalized spacial score (nSPS) is 22.1. The molecule has 3 aromatic rings. The first-order chi connectivity index (χ1) is 14.0. The fourth-order valence-electron chi connectivity index (χ4n) is 3.72. The van der Waals surface area contributed by atoms with Gasteiger partial charge in [-0.05, 0) is 38.2 Å². The Hall–Kier alpha value is -3.17. The van der Waals surface area contributed by atoms with E-state index in [-0.39, 0.29) is 24.3 Å². The van der Waals surface area contributed by atoms with E-state index in [1.807, 2.05) is 4.90 Å². The lowest BCUT2D eigenvalue weighted by molar-refractivity contribution is 0.364. The molecule has 5 rings (SSSR count). The van der Waals surface area contributed by atoms with Crippen LogP contribution in [0.2, 0.25) is 0 Å². The summed E-state index contributed by atoms with van der Waals surface area (Å²) >= 11 is 0. The molecular weight excluding hydrogens is 377 g/mol. The Bertz CT molecular complexity index is 1180. The summed E-state index contributed by atoms with van der Waals surface area (Å²) in [5.41, 5.74) is 1.28. The Labute approximate surface area is 165 Å². The Morgan fingerprint density at radius 1 is 1.31 bits per heavy atom. The Morgan fingerprint density at radius 2 is 2.14 bits per heavy atom. The van der Waals surface area contributed by atoms with Gasteiger partial charge in [-0.25, -0.2) is 9.38 Å². The number of aromatic amines is 1. The van der Waals surface area contributed by atoms with Gasteiger partial charge in [0.15, 0.2) is 17.4 Å². The summed E-state index contributed by atoms with van der Waals surface area (Å²) in [6, 6.07) is 1.54. The van der Waals surface area contributed by atoms with Gasteiger partial charge < -0.3 is 15.1 Å². The topological polar surface area (TPSA) is 115 Å². The van der Waals surface area contributed by atoms with Crippen LogP contribution < -0.4 is 15.7 Å². The standard InChI is InChI=1S/C19H22FN7O2/c1-10(11-2-3-11)22-18-24-16-13(6-12-7-15(28)23-17(12)29)8-21-27(16)19(25-18)26-5-4-14(20)9-26/h6-8,10-11,14,23,28-29H,2-5,9H2,1H3. The van der Waals surface area contributed by atoms with Crippen LogP contribution in [0.15, 0.2) is 17.3 Å². The summed E-state index contributed by atoms with van der Waals surface area (Å²) in [4.78, 5) is 18.1. The molecule has 2 atom stereocenters. The second-order valence-corrected chi connectivity index (χ2v) is 7.80. The predicted molar refractivity (Wildman–Crippen MR) is 103 cm³/mol. The molecule has 4 heterocycles. The Morgan fingerprint density at radius 3 is 2.79 bits per heavy atom. The van der Waals surface area contributed by atoms with E-state index in [2.05, 4.69) is 32.0 Å². The van der Waals surface area contributed by atoms with Crippen molar-refractivity contribution in [3.63, 3.8) is 0 Å². The van der Waals surface area contributed by atoms with Gasteiger partial charge in [-0.3, -0.25) is 4.98 Å². The smallest absolute Gasteiger partial charge is 0.250 e. The lowest BCUT2D eigenvalue weighted by Crippen LogP contribution is -2.30. The van der Waals surface area contributed by atoms with E-state index in [0.29, 0.717) is 46.9 Å². The van der Waals surface area contributed by atoms with Gasteiger partial charge in [0, 0.05) is 23.4 Å². The van der Waals surface area contributed by atoms with Crippen LogP contribution in [-0.2, 0) is 0 Å². The maximum Gasteiger partial charge on any atom is 0.250 e. The summed E-state index contributed by atoms with van der Waals surface area (Å²) in [7, 11) is 0. The van der Waals surface area contributed by atoms with Crippen LogP contribution in [-0.4, -0.2) is 60.1 Å². The van der Waals surface area contributed by atoms with E-state index < -0.39 is 6.17 Å². The van der Waals surface area contributed by atoms with Crippen LogP contribution in [0.25, 0.3) is 11.7 Å². The minimum atomic E-state index is -0.896. The molecule has 1 aliphatic carbocycles. The van der Waals surface area contributed by atoms with E-state index >= 15 is 0 Å². The molecule has 0 spiro atoms. The summed E-state index contributed by atoms with van der Waals surface area (Å²) in [5.74, 6) is 0.789. The van der Waals surface area contributed by atoms with Gasteiger partial charge in [0.25, 0.3) is 0 Å². The zero-order valence-electron chi connectivity index (χ0n) is 16.0.